The number of halogens is 1. The first-order valence-corrected chi connectivity index (χ1v) is 6.68. The van der Waals surface area contributed by atoms with Gasteiger partial charge in [0.2, 0.25) is 0 Å². The van der Waals surface area contributed by atoms with Gasteiger partial charge in [-0.3, -0.25) is 4.98 Å². The molecule has 3 heteroatoms. The van der Waals surface area contributed by atoms with Crippen LogP contribution in [0.3, 0.4) is 0 Å². The summed E-state index contributed by atoms with van der Waals surface area (Å²) >= 11 is 0. The van der Waals surface area contributed by atoms with Crippen molar-refractivity contribution in [3.8, 4) is 0 Å². The molecule has 0 radical (unpaired) electrons. The number of aromatic nitrogens is 1. The van der Waals surface area contributed by atoms with Crippen LogP contribution in [-0.2, 0) is 5.41 Å². The summed E-state index contributed by atoms with van der Waals surface area (Å²) in [6.07, 6.45) is 0. The number of hydrogen-bond donors (Lipinski definition) is 1. The molecule has 0 amide bonds. The van der Waals surface area contributed by atoms with Gasteiger partial charge < -0.3 is 5.32 Å². The first-order chi connectivity index (χ1) is 8.84. The van der Waals surface area contributed by atoms with Crippen molar-refractivity contribution in [2.75, 3.05) is 11.9 Å². The maximum Gasteiger partial charge on any atom is 0.134 e. The summed E-state index contributed by atoms with van der Waals surface area (Å²) in [5, 5.41) is 3.84. The van der Waals surface area contributed by atoms with Crippen LogP contribution in [-0.4, -0.2) is 11.5 Å². The van der Waals surface area contributed by atoms with E-state index < -0.39 is 0 Å². The highest BCUT2D eigenvalue weighted by molar-refractivity contribution is 5.94. The van der Waals surface area contributed by atoms with E-state index in [9.17, 15) is 4.39 Å². The number of hydrogen-bond acceptors (Lipinski definition) is 2. The maximum atomic E-state index is 14.1. The van der Waals surface area contributed by atoms with E-state index in [0.717, 1.165) is 29.0 Å². The fourth-order valence-corrected chi connectivity index (χ4v) is 2.15. The molecule has 0 aliphatic heterocycles. The zero-order valence-electron chi connectivity index (χ0n) is 12.3. The Labute approximate surface area is 114 Å². The van der Waals surface area contributed by atoms with Gasteiger partial charge in [-0.05, 0) is 31.5 Å². The number of nitrogens with zero attached hydrogens (tertiary/aromatic N) is 1. The van der Waals surface area contributed by atoms with Gasteiger partial charge >= 0.3 is 0 Å². The molecule has 2 rings (SSSR count). The van der Waals surface area contributed by atoms with Crippen LogP contribution in [0.15, 0.2) is 18.2 Å². The summed E-state index contributed by atoms with van der Waals surface area (Å²) in [6, 6.07) is 5.26. The van der Waals surface area contributed by atoms with Gasteiger partial charge in [0.25, 0.3) is 0 Å². The van der Waals surface area contributed by atoms with E-state index in [2.05, 4.69) is 31.1 Å². The second-order valence-corrected chi connectivity index (χ2v) is 5.92. The van der Waals surface area contributed by atoms with E-state index in [0.29, 0.717) is 5.39 Å². The summed E-state index contributed by atoms with van der Waals surface area (Å²) in [5.41, 5.74) is 3.50. The molecule has 1 heterocycles. The molecule has 0 saturated carbocycles. The van der Waals surface area contributed by atoms with Gasteiger partial charge in [0.1, 0.15) is 5.82 Å². The molecule has 2 nitrogen and oxygen atoms in total. The summed E-state index contributed by atoms with van der Waals surface area (Å²) in [7, 11) is 0. The molecule has 0 aliphatic rings. The van der Waals surface area contributed by atoms with Gasteiger partial charge in [0, 0.05) is 23.3 Å². The monoisotopic (exact) mass is 260 g/mol. The zero-order chi connectivity index (χ0) is 14.2. The van der Waals surface area contributed by atoms with E-state index in [4.69, 9.17) is 0 Å². The molecule has 1 N–H and O–H groups in total. The molecular formula is C16H21FN2. The lowest BCUT2D eigenvalue weighted by atomic mass is 9.90. The molecule has 19 heavy (non-hydrogen) atoms. The number of aryl methyl sites for hydroxylation is 1. The Morgan fingerprint density at radius 2 is 1.95 bits per heavy atom. The molecule has 1 aromatic heterocycles. The molecule has 102 valence electrons. The quantitative estimate of drug-likeness (QED) is 0.865. The van der Waals surface area contributed by atoms with E-state index in [-0.39, 0.29) is 11.2 Å². The van der Waals surface area contributed by atoms with Crippen LogP contribution in [0.5, 0.6) is 0 Å². The summed E-state index contributed by atoms with van der Waals surface area (Å²) < 4.78 is 14.1. The average molecular weight is 260 g/mol. The predicted molar refractivity (Wildman–Crippen MR) is 79.3 cm³/mol. The van der Waals surface area contributed by atoms with Gasteiger partial charge in [0.15, 0.2) is 0 Å². The van der Waals surface area contributed by atoms with Crippen LogP contribution in [0.1, 0.15) is 39.0 Å². The molecule has 0 saturated heterocycles. The standard InChI is InChI=1S/C16H21FN2/c1-6-18-12-9-13(16(3,4)5)19-15-10(2)7-8-11(17)14(12)15/h7-9H,6H2,1-5H3,(H,18,19). The van der Waals surface area contributed by atoms with E-state index in [1.54, 1.807) is 6.07 Å². The van der Waals surface area contributed by atoms with Crippen molar-refractivity contribution >= 4 is 16.6 Å². The van der Waals surface area contributed by atoms with E-state index >= 15 is 0 Å². The molecular weight excluding hydrogens is 239 g/mol. The fourth-order valence-electron chi connectivity index (χ4n) is 2.15. The summed E-state index contributed by atoms with van der Waals surface area (Å²) in [4.78, 5) is 4.67. The molecule has 0 aliphatic carbocycles. The van der Waals surface area contributed by atoms with Crippen LogP contribution in [0, 0.1) is 12.7 Å². The number of pyridine rings is 1. The largest absolute Gasteiger partial charge is 0.385 e. The number of nitrogens with one attached hydrogen (secondary N) is 1. The average Bonchev–Trinajstić information content (AvgIpc) is 2.33. The second-order valence-electron chi connectivity index (χ2n) is 5.92. The maximum absolute atomic E-state index is 14.1. The molecule has 0 bridgehead atoms. The first kappa shape index (κ1) is 13.8. The topological polar surface area (TPSA) is 24.9 Å². The minimum absolute atomic E-state index is 0.0584. The lowest BCUT2D eigenvalue weighted by molar-refractivity contribution is 0.571. The van der Waals surface area contributed by atoms with Crippen molar-refractivity contribution in [3.05, 3.63) is 35.3 Å². The first-order valence-electron chi connectivity index (χ1n) is 6.68. The lowest BCUT2D eigenvalue weighted by Crippen LogP contribution is -2.15. The van der Waals surface area contributed by atoms with Gasteiger partial charge in [-0.2, -0.15) is 0 Å². The van der Waals surface area contributed by atoms with Gasteiger partial charge in [-0.1, -0.05) is 26.8 Å². The molecule has 0 fully saturated rings. The highest BCUT2D eigenvalue weighted by Crippen LogP contribution is 2.32. The molecule has 0 atom stereocenters. The Hall–Kier alpha value is -1.64. The van der Waals surface area contributed by atoms with Crippen molar-refractivity contribution in [2.45, 2.75) is 40.0 Å². The van der Waals surface area contributed by atoms with Crippen molar-refractivity contribution in [1.82, 2.24) is 4.98 Å². The highest BCUT2D eigenvalue weighted by Gasteiger charge is 2.19. The Kier molecular flexibility index (Phi) is 3.48. The van der Waals surface area contributed by atoms with Crippen LogP contribution in [0.25, 0.3) is 10.9 Å². The molecule has 1 aromatic carbocycles. The second kappa shape index (κ2) is 4.80. The Morgan fingerprint density at radius 1 is 1.26 bits per heavy atom. The number of fused-ring (bicyclic) bond motifs is 1. The Balaban J connectivity index is 2.83. The van der Waals surface area contributed by atoms with Crippen molar-refractivity contribution in [1.29, 1.82) is 0 Å². The predicted octanol–water partition coefficient (Wildman–Crippen LogP) is 4.41. The lowest BCUT2D eigenvalue weighted by Gasteiger charge is -2.21. The SMILES string of the molecule is CCNc1cc(C(C)(C)C)nc2c(C)ccc(F)c12. The third-order valence-electron chi connectivity index (χ3n) is 3.25. The third kappa shape index (κ3) is 2.55. The van der Waals surface area contributed by atoms with E-state index in [1.807, 2.05) is 19.9 Å². The fraction of sp³-hybridized carbons (Fsp3) is 0.438. The van der Waals surface area contributed by atoms with Gasteiger partial charge in [-0.25, -0.2) is 4.39 Å². The van der Waals surface area contributed by atoms with Crippen molar-refractivity contribution < 1.29 is 4.39 Å². The van der Waals surface area contributed by atoms with Crippen LogP contribution >= 0.6 is 0 Å². The normalized spacial score (nSPS) is 11.9. The molecule has 2 aromatic rings. The summed E-state index contributed by atoms with van der Waals surface area (Å²) in [6.45, 7) is 11.1. The van der Waals surface area contributed by atoms with E-state index in [1.165, 1.54) is 6.07 Å². The number of benzene rings is 1. The van der Waals surface area contributed by atoms with Crippen molar-refractivity contribution in [3.63, 3.8) is 0 Å². The highest BCUT2D eigenvalue weighted by atomic mass is 19.1. The van der Waals surface area contributed by atoms with Crippen LogP contribution in [0.2, 0.25) is 0 Å². The minimum Gasteiger partial charge on any atom is -0.385 e. The summed E-state index contributed by atoms with van der Waals surface area (Å²) in [5.74, 6) is -0.218. The Bertz CT molecular complexity index is 612. The van der Waals surface area contributed by atoms with Crippen molar-refractivity contribution in [2.24, 2.45) is 0 Å². The zero-order valence-corrected chi connectivity index (χ0v) is 12.3. The van der Waals surface area contributed by atoms with Gasteiger partial charge in [-0.15, -0.1) is 0 Å². The minimum atomic E-state index is -0.218. The smallest absolute Gasteiger partial charge is 0.134 e. The number of rotatable bonds is 2. The number of anilines is 1. The third-order valence-corrected chi connectivity index (χ3v) is 3.25. The van der Waals surface area contributed by atoms with Crippen LogP contribution < -0.4 is 5.32 Å². The molecule has 0 unspecified atom stereocenters. The van der Waals surface area contributed by atoms with Crippen LogP contribution in [0.4, 0.5) is 10.1 Å². The van der Waals surface area contributed by atoms with Gasteiger partial charge in [0.05, 0.1) is 10.9 Å². The molecule has 0 spiro atoms. The Morgan fingerprint density at radius 3 is 2.53 bits per heavy atom.